The fourth-order valence-corrected chi connectivity index (χ4v) is 1.22. The van der Waals surface area contributed by atoms with Gasteiger partial charge in [0.15, 0.2) is 0 Å². The minimum Gasteiger partial charge on any atom is -0.453 e. The standard InChI is InChI=1S/C7H13NO3/c1-10-6-3-4-8(5-6)7(9)11-2/h6H,3-5H2,1-2H3/t6-/m1/s1. The Morgan fingerprint density at radius 3 is 2.73 bits per heavy atom. The summed E-state index contributed by atoms with van der Waals surface area (Å²) in [5.41, 5.74) is 0. The zero-order chi connectivity index (χ0) is 8.27. The van der Waals surface area contributed by atoms with Crippen molar-refractivity contribution in [3.8, 4) is 0 Å². The molecule has 11 heavy (non-hydrogen) atoms. The number of amides is 1. The van der Waals surface area contributed by atoms with E-state index in [9.17, 15) is 4.79 Å². The summed E-state index contributed by atoms with van der Waals surface area (Å²) < 4.78 is 9.64. The van der Waals surface area contributed by atoms with Gasteiger partial charge in [-0.25, -0.2) is 4.79 Å². The van der Waals surface area contributed by atoms with Crippen molar-refractivity contribution in [3.05, 3.63) is 0 Å². The van der Waals surface area contributed by atoms with Crippen molar-refractivity contribution in [2.24, 2.45) is 0 Å². The highest BCUT2D eigenvalue weighted by Crippen LogP contribution is 2.11. The first kappa shape index (κ1) is 8.33. The molecule has 0 aromatic rings. The molecule has 0 aliphatic carbocycles. The van der Waals surface area contributed by atoms with Crippen LogP contribution in [0.3, 0.4) is 0 Å². The van der Waals surface area contributed by atoms with E-state index in [4.69, 9.17) is 4.74 Å². The molecule has 1 aliphatic rings. The second-order valence-corrected chi connectivity index (χ2v) is 2.56. The average Bonchev–Trinajstić information content (AvgIpc) is 2.50. The number of ether oxygens (including phenoxy) is 2. The molecule has 0 spiro atoms. The van der Waals surface area contributed by atoms with Crippen molar-refractivity contribution in [2.45, 2.75) is 12.5 Å². The van der Waals surface area contributed by atoms with Crippen molar-refractivity contribution in [2.75, 3.05) is 27.3 Å². The van der Waals surface area contributed by atoms with Gasteiger partial charge in [0.1, 0.15) is 0 Å². The zero-order valence-electron chi connectivity index (χ0n) is 6.87. The molecule has 0 unspecified atom stereocenters. The Labute approximate surface area is 66.1 Å². The summed E-state index contributed by atoms with van der Waals surface area (Å²) in [5, 5.41) is 0. The van der Waals surface area contributed by atoms with Crippen LogP contribution in [0.15, 0.2) is 0 Å². The monoisotopic (exact) mass is 159 g/mol. The minimum atomic E-state index is -0.260. The highest BCUT2D eigenvalue weighted by atomic mass is 16.5. The molecule has 1 fully saturated rings. The summed E-state index contributed by atoms with van der Waals surface area (Å²) in [4.78, 5) is 12.6. The summed E-state index contributed by atoms with van der Waals surface area (Å²) in [5.74, 6) is 0. The first-order valence-electron chi connectivity index (χ1n) is 3.63. The lowest BCUT2D eigenvalue weighted by molar-refractivity contribution is 0.0974. The van der Waals surface area contributed by atoms with E-state index in [1.54, 1.807) is 12.0 Å². The molecule has 0 aromatic heterocycles. The van der Waals surface area contributed by atoms with E-state index in [0.29, 0.717) is 6.54 Å². The van der Waals surface area contributed by atoms with Gasteiger partial charge in [-0.2, -0.15) is 0 Å². The minimum absolute atomic E-state index is 0.189. The zero-order valence-corrected chi connectivity index (χ0v) is 6.87. The number of hydrogen-bond donors (Lipinski definition) is 0. The number of likely N-dealkylation sites (tertiary alicyclic amines) is 1. The molecule has 1 atom stereocenters. The molecular weight excluding hydrogens is 146 g/mol. The average molecular weight is 159 g/mol. The second-order valence-electron chi connectivity index (χ2n) is 2.56. The van der Waals surface area contributed by atoms with E-state index in [0.717, 1.165) is 13.0 Å². The van der Waals surface area contributed by atoms with Crippen molar-refractivity contribution in [1.82, 2.24) is 4.90 Å². The molecule has 1 aliphatic heterocycles. The number of carbonyl (C=O) groups is 1. The third-order valence-electron chi connectivity index (χ3n) is 1.91. The van der Waals surface area contributed by atoms with Crippen LogP contribution in [0.1, 0.15) is 6.42 Å². The number of rotatable bonds is 1. The van der Waals surface area contributed by atoms with Crippen LogP contribution in [-0.4, -0.2) is 44.4 Å². The maximum atomic E-state index is 10.9. The van der Waals surface area contributed by atoms with Gasteiger partial charge in [0.2, 0.25) is 0 Å². The molecule has 64 valence electrons. The molecule has 4 heteroatoms. The molecule has 0 saturated carbocycles. The van der Waals surface area contributed by atoms with Gasteiger partial charge in [-0.3, -0.25) is 0 Å². The first-order valence-corrected chi connectivity index (χ1v) is 3.63. The van der Waals surface area contributed by atoms with E-state index in [-0.39, 0.29) is 12.2 Å². The predicted octanol–water partition coefficient (Wildman–Crippen LogP) is 0.474. The highest BCUT2D eigenvalue weighted by Gasteiger charge is 2.26. The Hall–Kier alpha value is -0.770. The van der Waals surface area contributed by atoms with Gasteiger partial charge in [-0.1, -0.05) is 0 Å². The Kier molecular flexibility index (Phi) is 2.70. The number of nitrogens with zero attached hydrogens (tertiary/aromatic N) is 1. The van der Waals surface area contributed by atoms with Crippen LogP contribution in [0.2, 0.25) is 0 Å². The van der Waals surface area contributed by atoms with Gasteiger partial charge in [0.25, 0.3) is 0 Å². The molecule has 1 saturated heterocycles. The predicted molar refractivity (Wildman–Crippen MR) is 39.4 cm³/mol. The van der Waals surface area contributed by atoms with E-state index >= 15 is 0 Å². The van der Waals surface area contributed by atoms with E-state index in [2.05, 4.69) is 4.74 Å². The lowest BCUT2D eigenvalue weighted by Crippen LogP contribution is -2.29. The smallest absolute Gasteiger partial charge is 0.409 e. The first-order chi connectivity index (χ1) is 5.27. The Morgan fingerprint density at radius 1 is 1.55 bits per heavy atom. The van der Waals surface area contributed by atoms with Crippen LogP contribution in [0.4, 0.5) is 4.79 Å². The number of methoxy groups -OCH3 is 2. The molecule has 1 rings (SSSR count). The third kappa shape index (κ3) is 1.83. The van der Waals surface area contributed by atoms with Gasteiger partial charge >= 0.3 is 6.09 Å². The summed E-state index contributed by atoms with van der Waals surface area (Å²) in [6, 6.07) is 0. The van der Waals surface area contributed by atoms with Crippen molar-refractivity contribution >= 4 is 6.09 Å². The summed E-state index contributed by atoms with van der Waals surface area (Å²) in [6.45, 7) is 1.40. The van der Waals surface area contributed by atoms with Crippen LogP contribution in [0.25, 0.3) is 0 Å². The molecule has 0 N–H and O–H groups in total. The van der Waals surface area contributed by atoms with E-state index in [1.165, 1.54) is 7.11 Å². The fourth-order valence-electron chi connectivity index (χ4n) is 1.22. The van der Waals surface area contributed by atoms with E-state index < -0.39 is 0 Å². The number of carbonyl (C=O) groups excluding carboxylic acids is 1. The van der Waals surface area contributed by atoms with Crippen LogP contribution in [0, 0.1) is 0 Å². The van der Waals surface area contributed by atoms with Crippen molar-refractivity contribution in [1.29, 1.82) is 0 Å². The molecule has 4 nitrogen and oxygen atoms in total. The Bertz CT molecular complexity index is 149. The van der Waals surface area contributed by atoms with Gasteiger partial charge in [-0.05, 0) is 6.42 Å². The molecule has 0 radical (unpaired) electrons. The summed E-state index contributed by atoms with van der Waals surface area (Å²) in [6.07, 6.45) is 0.838. The third-order valence-corrected chi connectivity index (χ3v) is 1.91. The van der Waals surface area contributed by atoms with Crippen LogP contribution in [0.5, 0.6) is 0 Å². The normalized spacial score (nSPS) is 23.8. The van der Waals surface area contributed by atoms with Crippen molar-refractivity contribution < 1.29 is 14.3 Å². The van der Waals surface area contributed by atoms with Gasteiger partial charge < -0.3 is 14.4 Å². The fraction of sp³-hybridized carbons (Fsp3) is 0.857. The van der Waals surface area contributed by atoms with Crippen LogP contribution in [-0.2, 0) is 9.47 Å². The molecule has 1 heterocycles. The largest absolute Gasteiger partial charge is 0.453 e. The van der Waals surface area contributed by atoms with E-state index in [1.807, 2.05) is 0 Å². The molecule has 1 amide bonds. The van der Waals surface area contributed by atoms with Gasteiger partial charge in [0, 0.05) is 13.7 Å². The lowest BCUT2D eigenvalue weighted by Gasteiger charge is -2.13. The topological polar surface area (TPSA) is 38.8 Å². The maximum absolute atomic E-state index is 10.9. The SMILES string of the molecule is COC(=O)N1CC[C@@H](OC)C1. The van der Waals surface area contributed by atoms with Crippen molar-refractivity contribution in [3.63, 3.8) is 0 Å². The Balaban J connectivity index is 2.35. The highest BCUT2D eigenvalue weighted by molar-refractivity contribution is 5.67. The van der Waals surface area contributed by atoms with Crippen LogP contribution >= 0.6 is 0 Å². The molecule has 0 aromatic carbocycles. The molecular formula is C7H13NO3. The van der Waals surface area contributed by atoms with Gasteiger partial charge in [0.05, 0.1) is 19.8 Å². The number of hydrogen-bond acceptors (Lipinski definition) is 3. The van der Waals surface area contributed by atoms with Gasteiger partial charge in [-0.15, -0.1) is 0 Å². The second kappa shape index (κ2) is 3.57. The Morgan fingerprint density at radius 2 is 2.27 bits per heavy atom. The summed E-state index contributed by atoms with van der Waals surface area (Å²) >= 11 is 0. The lowest BCUT2D eigenvalue weighted by atomic mass is 10.3. The quantitative estimate of drug-likeness (QED) is 0.558. The van der Waals surface area contributed by atoms with Crippen LogP contribution < -0.4 is 0 Å². The molecule has 0 bridgehead atoms. The summed E-state index contributed by atoms with van der Waals surface area (Å²) in [7, 11) is 3.05. The maximum Gasteiger partial charge on any atom is 0.409 e.